The molecule has 10 nitrogen and oxygen atoms in total. The lowest BCUT2D eigenvalue weighted by Crippen LogP contribution is -2.27. The van der Waals surface area contributed by atoms with Crippen LogP contribution in [0.5, 0.6) is 0 Å². The van der Waals surface area contributed by atoms with Gasteiger partial charge in [0.05, 0.1) is 27.9 Å². The fraction of sp³-hybridized carbons (Fsp3) is 0.292. The normalized spacial score (nSPS) is 11.1. The molecule has 2 aromatic heterocycles. The van der Waals surface area contributed by atoms with Crippen LogP contribution in [0.15, 0.2) is 57.7 Å². The standard InChI is InChI=1S/C24H25N5O5/c1-16-20(17(2)28(25-16)18-8-5-4-6-9-18)15-26(3)23(30)10-7-13-27-21-12-11-19(29(32)33)14-22(21)34-24(27)31/h4-6,8-9,11-12,14H,7,10,13,15H2,1-3H3. The fourth-order valence-corrected chi connectivity index (χ4v) is 4.01. The van der Waals surface area contributed by atoms with Crippen molar-refractivity contribution in [3.8, 4) is 5.69 Å². The maximum absolute atomic E-state index is 12.8. The van der Waals surface area contributed by atoms with E-state index in [1.165, 1.54) is 22.8 Å². The summed E-state index contributed by atoms with van der Waals surface area (Å²) in [6.07, 6.45) is 0.670. The van der Waals surface area contributed by atoms with Crippen LogP contribution >= 0.6 is 0 Å². The minimum absolute atomic E-state index is 0.0530. The zero-order chi connectivity index (χ0) is 24.4. The highest BCUT2D eigenvalue weighted by Gasteiger charge is 2.18. The first-order valence-corrected chi connectivity index (χ1v) is 10.9. The predicted octanol–water partition coefficient (Wildman–Crippen LogP) is 3.74. The Morgan fingerprint density at radius 3 is 2.62 bits per heavy atom. The van der Waals surface area contributed by atoms with Crippen molar-refractivity contribution in [3.05, 3.63) is 86.1 Å². The maximum Gasteiger partial charge on any atom is 0.419 e. The fourth-order valence-electron chi connectivity index (χ4n) is 4.01. The minimum Gasteiger partial charge on any atom is -0.407 e. The molecule has 0 aliphatic heterocycles. The number of nitro benzene ring substituents is 1. The SMILES string of the molecule is Cc1nn(-c2ccccc2)c(C)c1CN(C)C(=O)CCCn1c(=O)oc2cc([N+](=O)[O-])ccc21. The number of hydrogen-bond donors (Lipinski definition) is 0. The Bertz CT molecular complexity index is 1420. The van der Waals surface area contributed by atoms with E-state index in [1.54, 1.807) is 11.9 Å². The molecular formula is C24H25N5O5. The van der Waals surface area contributed by atoms with Crippen molar-refractivity contribution in [1.29, 1.82) is 0 Å². The summed E-state index contributed by atoms with van der Waals surface area (Å²) in [6, 6.07) is 13.9. The van der Waals surface area contributed by atoms with Gasteiger partial charge in [-0.1, -0.05) is 18.2 Å². The quantitative estimate of drug-likeness (QED) is 0.290. The van der Waals surface area contributed by atoms with Crippen LogP contribution < -0.4 is 5.76 Å². The maximum atomic E-state index is 12.8. The van der Waals surface area contributed by atoms with Crippen molar-refractivity contribution in [2.24, 2.45) is 0 Å². The van der Waals surface area contributed by atoms with Gasteiger partial charge in [-0.2, -0.15) is 5.10 Å². The summed E-state index contributed by atoms with van der Waals surface area (Å²) in [5.41, 5.74) is 4.29. The third kappa shape index (κ3) is 4.47. The van der Waals surface area contributed by atoms with Gasteiger partial charge in [-0.05, 0) is 38.5 Å². The van der Waals surface area contributed by atoms with E-state index >= 15 is 0 Å². The minimum atomic E-state index is -0.601. The molecule has 0 bridgehead atoms. The third-order valence-electron chi connectivity index (χ3n) is 5.90. The molecule has 4 aromatic rings. The van der Waals surface area contributed by atoms with Crippen LogP contribution in [0, 0.1) is 24.0 Å². The second kappa shape index (κ2) is 9.34. The molecule has 1 amide bonds. The number of fused-ring (bicyclic) bond motifs is 1. The summed E-state index contributed by atoms with van der Waals surface area (Å²) in [5, 5.41) is 15.6. The Hall–Kier alpha value is -4.21. The number of aromatic nitrogens is 3. The van der Waals surface area contributed by atoms with Crippen molar-refractivity contribution >= 4 is 22.7 Å². The van der Waals surface area contributed by atoms with E-state index in [0.717, 1.165) is 22.6 Å². The molecule has 0 radical (unpaired) electrons. The highest BCUT2D eigenvalue weighted by atomic mass is 16.6. The molecule has 0 unspecified atom stereocenters. The summed E-state index contributed by atoms with van der Waals surface area (Å²) in [4.78, 5) is 37.0. The number of nitro groups is 1. The Kier molecular flexibility index (Phi) is 6.31. The number of amides is 1. The molecule has 0 fully saturated rings. The number of oxazole rings is 1. The van der Waals surface area contributed by atoms with Gasteiger partial charge >= 0.3 is 5.76 Å². The van der Waals surface area contributed by atoms with Crippen LogP contribution in [0.1, 0.15) is 29.8 Å². The van der Waals surface area contributed by atoms with Crippen molar-refractivity contribution in [3.63, 3.8) is 0 Å². The number of nitrogens with zero attached hydrogens (tertiary/aromatic N) is 5. The van der Waals surface area contributed by atoms with Crippen molar-refractivity contribution in [1.82, 2.24) is 19.2 Å². The van der Waals surface area contributed by atoms with Crippen LogP contribution in [-0.4, -0.2) is 37.1 Å². The molecule has 0 spiro atoms. The molecule has 176 valence electrons. The van der Waals surface area contributed by atoms with Crippen molar-refractivity contribution < 1.29 is 14.1 Å². The van der Waals surface area contributed by atoms with Gasteiger partial charge in [0.25, 0.3) is 5.69 Å². The third-order valence-corrected chi connectivity index (χ3v) is 5.90. The van der Waals surface area contributed by atoms with Gasteiger partial charge in [-0.15, -0.1) is 0 Å². The molecule has 0 atom stereocenters. The van der Waals surface area contributed by atoms with Gasteiger partial charge in [0.15, 0.2) is 5.58 Å². The highest BCUT2D eigenvalue weighted by molar-refractivity contribution is 5.76. The average Bonchev–Trinajstić information content (AvgIpc) is 3.29. The predicted molar refractivity (Wildman–Crippen MR) is 126 cm³/mol. The molecule has 34 heavy (non-hydrogen) atoms. The van der Waals surface area contributed by atoms with Crippen molar-refractivity contribution in [2.75, 3.05) is 7.05 Å². The van der Waals surface area contributed by atoms with Gasteiger partial charge in [0.2, 0.25) is 5.91 Å². The summed E-state index contributed by atoms with van der Waals surface area (Å²) in [7, 11) is 1.75. The number of hydrogen-bond acceptors (Lipinski definition) is 6. The molecule has 2 aromatic carbocycles. The molecule has 0 aliphatic rings. The number of aryl methyl sites for hydroxylation is 2. The largest absolute Gasteiger partial charge is 0.419 e. The topological polar surface area (TPSA) is 116 Å². The van der Waals surface area contributed by atoms with Gasteiger partial charge in [-0.25, -0.2) is 9.48 Å². The van der Waals surface area contributed by atoms with Crippen LogP contribution in [0.4, 0.5) is 5.69 Å². The Balaban J connectivity index is 1.40. The molecule has 0 aliphatic carbocycles. The molecule has 0 N–H and O–H groups in total. The van der Waals surface area contributed by atoms with E-state index in [9.17, 15) is 19.7 Å². The first-order chi connectivity index (χ1) is 16.3. The molecule has 0 saturated carbocycles. The average molecular weight is 463 g/mol. The summed E-state index contributed by atoms with van der Waals surface area (Å²) < 4.78 is 8.41. The molecule has 2 heterocycles. The zero-order valence-corrected chi connectivity index (χ0v) is 19.2. The number of carbonyl (C=O) groups excluding carboxylic acids is 1. The number of carbonyl (C=O) groups is 1. The second-order valence-corrected chi connectivity index (χ2v) is 8.18. The second-order valence-electron chi connectivity index (χ2n) is 8.18. The van der Waals surface area contributed by atoms with E-state index in [1.807, 2.05) is 48.9 Å². The summed E-state index contributed by atoms with van der Waals surface area (Å²) in [6.45, 7) is 4.62. The van der Waals surface area contributed by atoms with Crippen molar-refractivity contribution in [2.45, 2.75) is 39.8 Å². The van der Waals surface area contributed by atoms with E-state index in [-0.39, 0.29) is 30.1 Å². The molecule has 4 rings (SSSR count). The summed E-state index contributed by atoms with van der Waals surface area (Å²) >= 11 is 0. The lowest BCUT2D eigenvalue weighted by molar-refractivity contribution is -0.384. The first-order valence-electron chi connectivity index (χ1n) is 10.9. The lowest BCUT2D eigenvalue weighted by Gasteiger charge is -2.17. The Morgan fingerprint density at radius 1 is 1.18 bits per heavy atom. The van der Waals surface area contributed by atoms with Gasteiger partial charge in [0, 0.05) is 43.9 Å². The van der Waals surface area contributed by atoms with E-state index in [0.29, 0.717) is 18.5 Å². The lowest BCUT2D eigenvalue weighted by atomic mass is 10.1. The zero-order valence-electron chi connectivity index (χ0n) is 19.2. The highest BCUT2D eigenvalue weighted by Crippen LogP contribution is 2.21. The van der Waals surface area contributed by atoms with E-state index < -0.39 is 10.7 Å². The van der Waals surface area contributed by atoms with Crippen LogP contribution in [0.25, 0.3) is 16.8 Å². The van der Waals surface area contributed by atoms with E-state index in [4.69, 9.17) is 4.42 Å². The van der Waals surface area contributed by atoms with Gasteiger partial charge in [-0.3, -0.25) is 19.5 Å². The van der Waals surface area contributed by atoms with Gasteiger partial charge < -0.3 is 9.32 Å². The first kappa shape index (κ1) is 23.0. The van der Waals surface area contributed by atoms with Crippen LogP contribution in [0.2, 0.25) is 0 Å². The monoisotopic (exact) mass is 463 g/mol. The number of non-ortho nitro benzene ring substituents is 1. The summed E-state index contributed by atoms with van der Waals surface area (Å²) in [5.74, 6) is -0.654. The smallest absolute Gasteiger partial charge is 0.407 e. The van der Waals surface area contributed by atoms with E-state index in [2.05, 4.69) is 5.10 Å². The number of rotatable bonds is 8. The van der Waals surface area contributed by atoms with Crippen LogP contribution in [-0.2, 0) is 17.9 Å². The number of benzene rings is 2. The molecular weight excluding hydrogens is 438 g/mol. The molecule has 10 heteroatoms. The van der Waals surface area contributed by atoms with Crippen LogP contribution in [0.3, 0.4) is 0 Å². The molecule has 0 saturated heterocycles. The number of para-hydroxylation sites is 1. The Labute approximate surface area is 195 Å². The van der Waals surface area contributed by atoms with Gasteiger partial charge in [0.1, 0.15) is 0 Å². The Morgan fingerprint density at radius 2 is 1.91 bits per heavy atom.